The van der Waals surface area contributed by atoms with Gasteiger partial charge in [0.25, 0.3) is 0 Å². The number of aryl methyl sites for hydroxylation is 1. The smallest absolute Gasteiger partial charge is 0.230 e. The van der Waals surface area contributed by atoms with E-state index in [1.807, 2.05) is 47.2 Å². The van der Waals surface area contributed by atoms with Gasteiger partial charge in [-0.3, -0.25) is 9.36 Å². The van der Waals surface area contributed by atoms with Crippen molar-refractivity contribution in [2.45, 2.75) is 18.2 Å². The van der Waals surface area contributed by atoms with E-state index in [2.05, 4.69) is 29.4 Å². The summed E-state index contributed by atoms with van der Waals surface area (Å²) < 4.78 is 13.5. The van der Waals surface area contributed by atoms with E-state index in [1.165, 1.54) is 17.3 Å². The fourth-order valence-electron chi connectivity index (χ4n) is 2.94. The molecule has 1 aliphatic heterocycles. The summed E-state index contributed by atoms with van der Waals surface area (Å²) >= 11 is 1.41. The number of carbonyl (C=O) groups is 1. The summed E-state index contributed by atoms with van der Waals surface area (Å²) in [5, 5.41) is 3.70. The van der Waals surface area contributed by atoms with Gasteiger partial charge in [-0.1, -0.05) is 36.0 Å². The van der Waals surface area contributed by atoms with Gasteiger partial charge in [0, 0.05) is 18.1 Å². The third kappa shape index (κ3) is 4.31. The van der Waals surface area contributed by atoms with Crippen molar-refractivity contribution >= 4 is 17.7 Å². The molecule has 1 N–H and O–H groups in total. The van der Waals surface area contributed by atoms with Crippen LogP contribution in [-0.4, -0.2) is 40.5 Å². The number of benzene rings is 2. The minimum absolute atomic E-state index is 0.0637. The molecule has 1 aromatic heterocycles. The Morgan fingerprint density at radius 3 is 2.96 bits per heavy atom. The van der Waals surface area contributed by atoms with Crippen molar-refractivity contribution in [2.75, 3.05) is 18.9 Å². The fraction of sp³-hybridized carbons (Fsp3) is 0.238. The highest BCUT2D eigenvalue weighted by Crippen LogP contribution is 2.30. The summed E-state index contributed by atoms with van der Waals surface area (Å²) in [5.41, 5.74) is 2.21. The first-order valence-corrected chi connectivity index (χ1v) is 10.1. The van der Waals surface area contributed by atoms with Crippen LogP contribution in [0.15, 0.2) is 66.1 Å². The van der Waals surface area contributed by atoms with Gasteiger partial charge in [-0.2, -0.15) is 0 Å². The van der Waals surface area contributed by atoms with Crippen molar-refractivity contribution in [1.29, 1.82) is 0 Å². The van der Waals surface area contributed by atoms with Gasteiger partial charge in [-0.15, -0.1) is 0 Å². The summed E-state index contributed by atoms with van der Waals surface area (Å²) in [7, 11) is 0. The molecule has 0 radical (unpaired) electrons. The van der Waals surface area contributed by atoms with E-state index in [9.17, 15) is 4.79 Å². The largest absolute Gasteiger partial charge is 0.486 e. The molecule has 2 aromatic carbocycles. The number of para-hydroxylation sites is 2. The number of thioether (sulfide) groups is 1. The molecule has 0 fully saturated rings. The standard InChI is InChI=1S/C21H21N3O3S/c1-15-5-4-6-16(11-15)24-10-9-22-21(24)28-14-20(25)23-12-17-13-26-18-7-2-3-8-19(18)27-17/h2-11,17H,12-14H2,1H3,(H,23,25). The number of hydrogen-bond acceptors (Lipinski definition) is 5. The Labute approximate surface area is 167 Å². The maximum absolute atomic E-state index is 12.3. The molecule has 1 atom stereocenters. The molecule has 0 saturated heterocycles. The zero-order chi connectivity index (χ0) is 19.3. The Morgan fingerprint density at radius 1 is 1.25 bits per heavy atom. The van der Waals surface area contributed by atoms with Crippen LogP contribution in [0, 0.1) is 6.92 Å². The van der Waals surface area contributed by atoms with Crippen LogP contribution in [0.4, 0.5) is 0 Å². The lowest BCUT2D eigenvalue weighted by atomic mass is 10.2. The van der Waals surface area contributed by atoms with E-state index in [0.717, 1.165) is 16.6 Å². The Balaban J connectivity index is 1.29. The molecule has 3 aromatic rings. The molecule has 144 valence electrons. The van der Waals surface area contributed by atoms with Crippen molar-refractivity contribution in [3.63, 3.8) is 0 Å². The second-order valence-corrected chi connectivity index (χ2v) is 7.45. The van der Waals surface area contributed by atoms with Crippen LogP contribution in [0.1, 0.15) is 5.56 Å². The molecular weight excluding hydrogens is 374 g/mol. The van der Waals surface area contributed by atoms with E-state index >= 15 is 0 Å². The zero-order valence-corrected chi connectivity index (χ0v) is 16.3. The second kappa shape index (κ2) is 8.39. The van der Waals surface area contributed by atoms with E-state index in [0.29, 0.717) is 18.9 Å². The number of amides is 1. The lowest BCUT2D eigenvalue weighted by Gasteiger charge is -2.26. The Bertz CT molecular complexity index is 973. The molecule has 1 aliphatic rings. The SMILES string of the molecule is Cc1cccc(-n2ccnc2SCC(=O)NCC2COc3ccccc3O2)c1. The predicted octanol–water partition coefficient (Wildman–Crippen LogP) is 3.23. The predicted molar refractivity (Wildman–Crippen MR) is 108 cm³/mol. The van der Waals surface area contributed by atoms with Gasteiger partial charge in [-0.05, 0) is 36.8 Å². The molecule has 4 rings (SSSR count). The van der Waals surface area contributed by atoms with Crippen molar-refractivity contribution in [3.8, 4) is 17.2 Å². The van der Waals surface area contributed by atoms with Gasteiger partial charge in [0.15, 0.2) is 16.7 Å². The third-order valence-corrected chi connectivity index (χ3v) is 5.28. The first-order chi connectivity index (χ1) is 13.7. The van der Waals surface area contributed by atoms with Gasteiger partial charge in [0.1, 0.15) is 12.7 Å². The minimum atomic E-state index is -0.196. The first kappa shape index (κ1) is 18.4. The van der Waals surface area contributed by atoms with Crippen molar-refractivity contribution < 1.29 is 14.3 Å². The second-order valence-electron chi connectivity index (χ2n) is 6.51. The molecule has 1 amide bonds. The fourth-order valence-corrected chi connectivity index (χ4v) is 3.75. The molecule has 28 heavy (non-hydrogen) atoms. The number of rotatable bonds is 6. The topological polar surface area (TPSA) is 65.4 Å². The Hall–Kier alpha value is -2.93. The van der Waals surface area contributed by atoms with Gasteiger partial charge >= 0.3 is 0 Å². The summed E-state index contributed by atoms with van der Waals surface area (Å²) in [4.78, 5) is 16.6. The van der Waals surface area contributed by atoms with Crippen molar-refractivity contribution in [3.05, 3.63) is 66.5 Å². The number of imidazole rings is 1. The monoisotopic (exact) mass is 395 g/mol. The van der Waals surface area contributed by atoms with Crippen molar-refractivity contribution in [2.24, 2.45) is 0 Å². The van der Waals surface area contributed by atoms with Crippen LogP contribution in [0.3, 0.4) is 0 Å². The van der Waals surface area contributed by atoms with Crippen LogP contribution >= 0.6 is 11.8 Å². The maximum Gasteiger partial charge on any atom is 0.230 e. The van der Waals surface area contributed by atoms with E-state index < -0.39 is 0 Å². The van der Waals surface area contributed by atoms with Crippen LogP contribution < -0.4 is 14.8 Å². The van der Waals surface area contributed by atoms with Gasteiger partial charge in [0.2, 0.25) is 5.91 Å². The van der Waals surface area contributed by atoms with Crippen LogP contribution in [0.5, 0.6) is 11.5 Å². The molecule has 6 nitrogen and oxygen atoms in total. The molecule has 0 saturated carbocycles. The number of nitrogens with zero attached hydrogens (tertiary/aromatic N) is 2. The van der Waals surface area contributed by atoms with E-state index in [1.54, 1.807) is 6.20 Å². The summed E-state index contributed by atoms with van der Waals surface area (Å²) in [5.74, 6) is 1.67. The Kier molecular flexibility index (Phi) is 5.53. The molecule has 0 aliphatic carbocycles. The highest BCUT2D eigenvalue weighted by atomic mass is 32.2. The van der Waals surface area contributed by atoms with Crippen molar-refractivity contribution in [1.82, 2.24) is 14.9 Å². The van der Waals surface area contributed by atoms with Gasteiger partial charge in [0.05, 0.1) is 12.3 Å². The molecule has 2 heterocycles. The number of nitrogens with one attached hydrogen (secondary N) is 1. The lowest BCUT2D eigenvalue weighted by molar-refractivity contribution is -0.119. The molecular formula is C21H21N3O3S. The molecule has 0 bridgehead atoms. The quantitative estimate of drug-likeness (QED) is 0.649. The highest BCUT2D eigenvalue weighted by molar-refractivity contribution is 7.99. The number of carbonyl (C=O) groups excluding carboxylic acids is 1. The molecule has 1 unspecified atom stereocenters. The third-order valence-electron chi connectivity index (χ3n) is 4.31. The zero-order valence-electron chi connectivity index (χ0n) is 15.5. The summed E-state index contributed by atoms with van der Waals surface area (Å²) in [6.45, 7) is 2.87. The normalized spacial score (nSPS) is 15.2. The van der Waals surface area contributed by atoms with E-state index in [4.69, 9.17) is 9.47 Å². The number of aromatic nitrogens is 2. The maximum atomic E-state index is 12.3. The molecule has 7 heteroatoms. The summed E-state index contributed by atoms with van der Waals surface area (Å²) in [6, 6.07) is 15.7. The summed E-state index contributed by atoms with van der Waals surface area (Å²) in [6.07, 6.45) is 3.45. The number of hydrogen-bond donors (Lipinski definition) is 1. The average molecular weight is 395 g/mol. The molecule has 0 spiro atoms. The van der Waals surface area contributed by atoms with Crippen LogP contribution in [0.2, 0.25) is 0 Å². The number of fused-ring (bicyclic) bond motifs is 1. The van der Waals surface area contributed by atoms with Gasteiger partial charge < -0.3 is 14.8 Å². The minimum Gasteiger partial charge on any atom is -0.486 e. The van der Waals surface area contributed by atoms with E-state index in [-0.39, 0.29) is 17.8 Å². The number of ether oxygens (including phenoxy) is 2. The Morgan fingerprint density at radius 2 is 2.11 bits per heavy atom. The van der Waals surface area contributed by atoms with Crippen LogP contribution in [0.25, 0.3) is 5.69 Å². The lowest BCUT2D eigenvalue weighted by Crippen LogP contribution is -2.41. The average Bonchev–Trinajstić information content (AvgIpc) is 3.19. The van der Waals surface area contributed by atoms with Gasteiger partial charge in [-0.25, -0.2) is 4.98 Å². The highest BCUT2D eigenvalue weighted by Gasteiger charge is 2.21. The van der Waals surface area contributed by atoms with Crippen LogP contribution in [-0.2, 0) is 4.79 Å². The first-order valence-electron chi connectivity index (χ1n) is 9.07.